The molecule has 0 bridgehead atoms. The van der Waals surface area contributed by atoms with Gasteiger partial charge in [-0.2, -0.15) is 4.98 Å². The molecule has 2 aliphatic rings. The summed E-state index contributed by atoms with van der Waals surface area (Å²) in [6.45, 7) is 0. The maximum Gasteiger partial charge on any atom is 0.275 e. The molecule has 1 N–H and O–H groups in total. The van der Waals surface area contributed by atoms with Crippen molar-refractivity contribution in [3.63, 3.8) is 0 Å². The number of anilines is 1. The van der Waals surface area contributed by atoms with E-state index in [1.165, 1.54) is 35.0 Å². The summed E-state index contributed by atoms with van der Waals surface area (Å²) in [5.41, 5.74) is 1.88. The van der Waals surface area contributed by atoms with E-state index in [0.29, 0.717) is 53.4 Å². The highest BCUT2D eigenvalue weighted by molar-refractivity contribution is 5.99. The molecule has 1 atom stereocenters. The third-order valence-corrected chi connectivity index (χ3v) is 5.63. The first-order valence-corrected chi connectivity index (χ1v) is 9.92. The van der Waals surface area contributed by atoms with Gasteiger partial charge >= 0.3 is 0 Å². The number of hydrogen-bond donors (Lipinski definition) is 1. The van der Waals surface area contributed by atoms with E-state index >= 15 is 0 Å². The van der Waals surface area contributed by atoms with E-state index in [9.17, 15) is 25.0 Å². The number of nitro groups is 2. The van der Waals surface area contributed by atoms with E-state index in [2.05, 4.69) is 15.4 Å². The maximum atomic E-state index is 12.9. The number of ketones is 1. The molecule has 2 heterocycles. The molecular weight excluding hydrogens is 416 g/mol. The van der Waals surface area contributed by atoms with Crippen LogP contribution in [0.1, 0.15) is 30.9 Å². The van der Waals surface area contributed by atoms with Crippen molar-refractivity contribution < 1.29 is 14.6 Å². The Hall–Kier alpha value is -4.41. The molecule has 0 fully saturated rings. The number of benzene rings is 2. The van der Waals surface area contributed by atoms with Crippen molar-refractivity contribution in [2.45, 2.75) is 25.3 Å². The normalized spacial score (nSPS) is 17.4. The fraction of sp³-hybridized carbons (Fsp3) is 0.190. The second kappa shape index (κ2) is 7.38. The van der Waals surface area contributed by atoms with Crippen LogP contribution in [-0.4, -0.2) is 30.4 Å². The average Bonchev–Trinajstić information content (AvgIpc) is 3.21. The highest BCUT2D eigenvalue weighted by Crippen LogP contribution is 2.43. The summed E-state index contributed by atoms with van der Waals surface area (Å²) < 4.78 is 1.49. The number of Topliss-reactive ketones (excluding diaryl/α,β-unsaturated/α-hetero) is 1. The Kier molecular flexibility index (Phi) is 4.51. The van der Waals surface area contributed by atoms with E-state index in [-0.39, 0.29) is 17.2 Å². The van der Waals surface area contributed by atoms with Crippen molar-refractivity contribution in [1.29, 1.82) is 0 Å². The molecule has 1 aromatic heterocycles. The van der Waals surface area contributed by atoms with Gasteiger partial charge < -0.3 is 5.32 Å². The van der Waals surface area contributed by atoms with Gasteiger partial charge in [-0.3, -0.25) is 25.0 Å². The van der Waals surface area contributed by atoms with Crippen molar-refractivity contribution >= 4 is 23.1 Å². The van der Waals surface area contributed by atoms with Gasteiger partial charge in [-0.1, -0.05) is 12.1 Å². The van der Waals surface area contributed by atoms with Gasteiger partial charge in [-0.15, -0.1) is 5.10 Å². The quantitative estimate of drug-likeness (QED) is 0.484. The van der Waals surface area contributed by atoms with Crippen LogP contribution in [0.25, 0.3) is 11.4 Å². The number of carbonyl (C=O) groups excluding carboxylic acids is 1. The maximum absolute atomic E-state index is 12.9. The summed E-state index contributed by atoms with van der Waals surface area (Å²) in [6.07, 6.45) is 1.66. The molecule has 1 aliphatic heterocycles. The number of nitro benzene ring substituents is 2. The van der Waals surface area contributed by atoms with Gasteiger partial charge in [0.25, 0.3) is 11.4 Å². The molecule has 3 aromatic rings. The van der Waals surface area contributed by atoms with Gasteiger partial charge in [0.1, 0.15) is 6.04 Å². The predicted octanol–water partition coefficient (Wildman–Crippen LogP) is 3.78. The smallest absolute Gasteiger partial charge is 0.275 e. The molecule has 32 heavy (non-hydrogen) atoms. The van der Waals surface area contributed by atoms with E-state index in [1.54, 1.807) is 18.2 Å². The van der Waals surface area contributed by atoms with Crippen molar-refractivity contribution in [3.05, 3.63) is 85.6 Å². The van der Waals surface area contributed by atoms with Crippen LogP contribution in [0.2, 0.25) is 0 Å². The Morgan fingerprint density at radius 2 is 1.75 bits per heavy atom. The minimum atomic E-state index is -0.796. The minimum absolute atomic E-state index is 0.0589. The van der Waals surface area contributed by atoms with E-state index in [0.717, 1.165) is 0 Å². The standard InChI is InChI=1S/C21H16N6O5/c28-17-7-3-5-15-18(17)19(14-4-1-2-6-16(14)27(31)32)25-21(22-15)23-20(24-25)12-8-10-13(11-9-12)26(29)30/h1-2,4,6,8-11,19H,3,5,7H2,(H,22,23,24). The lowest BCUT2D eigenvalue weighted by Gasteiger charge is -2.31. The van der Waals surface area contributed by atoms with Crippen LogP contribution in [0, 0.1) is 20.2 Å². The number of para-hydroxylation sites is 1. The van der Waals surface area contributed by atoms with Crippen LogP contribution in [-0.2, 0) is 4.79 Å². The Morgan fingerprint density at radius 1 is 1.00 bits per heavy atom. The largest absolute Gasteiger partial charge is 0.328 e. The molecule has 11 heteroatoms. The highest BCUT2D eigenvalue weighted by atomic mass is 16.6. The fourth-order valence-electron chi connectivity index (χ4n) is 4.18. The van der Waals surface area contributed by atoms with Crippen molar-refractivity contribution in [2.75, 3.05) is 5.32 Å². The van der Waals surface area contributed by atoms with Gasteiger partial charge in [-0.25, -0.2) is 4.68 Å². The Morgan fingerprint density at radius 3 is 2.47 bits per heavy atom. The van der Waals surface area contributed by atoms with Crippen LogP contribution in [0.15, 0.2) is 59.8 Å². The van der Waals surface area contributed by atoms with Gasteiger partial charge in [0.2, 0.25) is 5.95 Å². The summed E-state index contributed by atoms with van der Waals surface area (Å²) >= 11 is 0. The third-order valence-electron chi connectivity index (χ3n) is 5.63. The van der Waals surface area contributed by atoms with Crippen molar-refractivity contribution in [2.24, 2.45) is 0 Å². The van der Waals surface area contributed by atoms with Gasteiger partial charge in [-0.05, 0) is 31.0 Å². The molecule has 0 amide bonds. The van der Waals surface area contributed by atoms with Crippen molar-refractivity contribution in [3.8, 4) is 11.4 Å². The Labute approximate surface area is 180 Å². The summed E-state index contributed by atoms with van der Waals surface area (Å²) in [6, 6.07) is 11.3. The highest BCUT2D eigenvalue weighted by Gasteiger charge is 2.39. The van der Waals surface area contributed by atoms with Gasteiger partial charge in [0.05, 0.1) is 15.4 Å². The van der Waals surface area contributed by atoms with Crippen LogP contribution in [0.5, 0.6) is 0 Å². The zero-order chi connectivity index (χ0) is 22.4. The van der Waals surface area contributed by atoms with E-state index in [4.69, 9.17) is 0 Å². The number of hydrogen-bond acceptors (Lipinski definition) is 8. The number of allylic oxidation sites excluding steroid dienone is 2. The average molecular weight is 432 g/mol. The lowest BCUT2D eigenvalue weighted by molar-refractivity contribution is -0.385. The Bertz CT molecular complexity index is 1310. The molecule has 160 valence electrons. The van der Waals surface area contributed by atoms with Crippen LogP contribution < -0.4 is 5.32 Å². The number of non-ortho nitro benzene ring substituents is 1. The zero-order valence-corrected chi connectivity index (χ0v) is 16.6. The topological polar surface area (TPSA) is 146 Å². The molecule has 0 saturated heterocycles. The molecule has 2 aromatic carbocycles. The molecule has 0 saturated carbocycles. The lowest BCUT2D eigenvalue weighted by atomic mass is 9.85. The first-order valence-electron chi connectivity index (χ1n) is 9.92. The number of nitrogens with zero attached hydrogens (tertiary/aromatic N) is 5. The second-order valence-corrected chi connectivity index (χ2v) is 7.52. The first-order chi connectivity index (χ1) is 15.4. The number of aromatic nitrogens is 3. The SMILES string of the molecule is O=C1CCCC2=C1C(c1ccccc1[N+](=O)[O-])n1nc(-c3ccc([N+](=O)[O-])cc3)nc1N2. The first kappa shape index (κ1) is 19.5. The number of nitrogens with one attached hydrogen (secondary N) is 1. The molecule has 1 aliphatic carbocycles. The zero-order valence-electron chi connectivity index (χ0n) is 16.6. The van der Waals surface area contributed by atoms with E-state index < -0.39 is 15.9 Å². The molecule has 0 spiro atoms. The number of carbonyl (C=O) groups is 1. The number of fused-ring (bicyclic) bond motifs is 1. The summed E-state index contributed by atoms with van der Waals surface area (Å²) in [5.74, 6) is 0.563. The molecule has 5 rings (SSSR count). The molecule has 1 unspecified atom stereocenters. The minimum Gasteiger partial charge on any atom is -0.328 e. The lowest BCUT2D eigenvalue weighted by Crippen LogP contribution is -2.31. The number of rotatable bonds is 4. The summed E-state index contributed by atoms with van der Waals surface area (Å²) in [5, 5.41) is 30.4. The van der Waals surface area contributed by atoms with Crippen LogP contribution in [0.4, 0.5) is 17.3 Å². The Balaban J connectivity index is 1.67. The molecule has 0 radical (unpaired) electrons. The van der Waals surface area contributed by atoms with E-state index in [1.807, 2.05) is 0 Å². The van der Waals surface area contributed by atoms with Crippen LogP contribution >= 0.6 is 0 Å². The summed E-state index contributed by atoms with van der Waals surface area (Å²) in [4.78, 5) is 39.1. The molecular formula is C21H16N6O5. The molecule has 11 nitrogen and oxygen atoms in total. The van der Waals surface area contributed by atoms with Gasteiger partial charge in [0.15, 0.2) is 11.6 Å². The van der Waals surface area contributed by atoms with Crippen molar-refractivity contribution in [1.82, 2.24) is 14.8 Å². The summed E-state index contributed by atoms with van der Waals surface area (Å²) in [7, 11) is 0. The predicted molar refractivity (Wildman–Crippen MR) is 113 cm³/mol. The van der Waals surface area contributed by atoms with Crippen LogP contribution in [0.3, 0.4) is 0 Å². The monoisotopic (exact) mass is 432 g/mol. The second-order valence-electron chi connectivity index (χ2n) is 7.52. The third kappa shape index (κ3) is 3.11. The fourth-order valence-corrected chi connectivity index (χ4v) is 4.18. The van der Waals surface area contributed by atoms with Gasteiger partial charge in [0, 0.05) is 41.5 Å².